The molecule has 2 nitrogen and oxygen atoms in total. The highest BCUT2D eigenvalue weighted by Gasteiger charge is 2.06. The predicted molar refractivity (Wildman–Crippen MR) is 38.7 cm³/mol. The molecule has 1 aliphatic heterocycles. The van der Waals surface area contributed by atoms with E-state index in [-0.39, 0.29) is 0 Å². The van der Waals surface area contributed by atoms with Gasteiger partial charge in [-0.25, -0.2) is 0 Å². The average Bonchev–Trinajstić information content (AvgIpc) is 1.83. The molecular formula is C7H12N2. The molecule has 0 aromatic heterocycles. The molecule has 1 heterocycles. The van der Waals surface area contributed by atoms with Crippen molar-refractivity contribution in [2.24, 2.45) is 0 Å². The first-order valence-corrected chi connectivity index (χ1v) is 3.01. The van der Waals surface area contributed by atoms with E-state index < -0.39 is 0 Å². The molecule has 0 atom stereocenters. The van der Waals surface area contributed by atoms with E-state index in [0.717, 1.165) is 12.4 Å². The van der Waals surface area contributed by atoms with Crippen LogP contribution in [0.4, 0.5) is 0 Å². The lowest BCUT2D eigenvalue weighted by Gasteiger charge is -2.30. The van der Waals surface area contributed by atoms with Crippen molar-refractivity contribution in [3.63, 3.8) is 0 Å². The molecule has 0 saturated heterocycles. The van der Waals surface area contributed by atoms with Crippen molar-refractivity contribution in [3.05, 3.63) is 24.7 Å². The third-order valence-corrected chi connectivity index (χ3v) is 1.56. The largest absolute Gasteiger partial charge is 0.358 e. The molecule has 0 amide bonds. The second-order valence-electron chi connectivity index (χ2n) is 2.29. The zero-order chi connectivity index (χ0) is 6.85. The quantitative estimate of drug-likeness (QED) is 0.472. The van der Waals surface area contributed by atoms with Gasteiger partial charge >= 0.3 is 0 Å². The first-order valence-electron chi connectivity index (χ1n) is 3.01. The van der Waals surface area contributed by atoms with Gasteiger partial charge in [0.05, 0.1) is 0 Å². The van der Waals surface area contributed by atoms with E-state index in [0.29, 0.717) is 0 Å². The molecule has 0 aromatic rings. The van der Waals surface area contributed by atoms with Gasteiger partial charge in [-0.1, -0.05) is 6.58 Å². The van der Waals surface area contributed by atoms with Gasteiger partial charge in [0.25, 0.3) is 0 Å². The Balaban J connectivity index is 2.69. The van der Waals surface area contributed by atoms with Crippen LogP contribution in [0.15, 0.2) is 24.7 Å². The summed E-state index contributed by atoms with van der Waals surface area (Å²) in [4.78, 5) is 4.10. The van der Waals surface area contributed by atoms with Crippen LogP contribution in [0.25, 0.3) is 0 Å². The monoisotopic (exact) mass is 124 g/mol. The lowest BCUT2D eigenvalue weighted by Crippen LogP contribution is -2.30. The van der Waals surface area contributed by atoms with Crippen LogP contribution < -0.4 is 0 Å². The molecular weight excluding hydrogens is 112 g/mol. The Hall–Kier alpha value is -0.920. The number of nitrogens with zero attached hydrogens (tertiary/aromatic N) is 2. The third kappa shape index (κ3) is 1.07. The zero-order valence-electron chi connectivity index (χ0n) is 5.96. The fourth-order valence-corrected chi connectivity index (χ4v) is 0.824. The van der Waals surface area contributed by atoms with Crippen molar-refractivity contribution in [1.29, 1.82) is 0 Å². The maximum absolute atomic E-state index is 3.88. The Bertz CT molecular complexity index is 149. The molecule has 50 valence electrons. The normalized spacial score (nSPS) is 19.1. The van der Waals surface area contributed by atoms with Crippen LogP contribution in [-0.2, 0) is 0 Å². The molecule has 0 radical (unpaired) electrons. The van der Waals surface area contributed by atoms with E-state index in [1.54, 1.807) is 0 Å². The summed E-state index contributed by atoms with van der Waals surface area (Å²) < 4.78 is 0. The maximum Gasteiger partial charge on any atom is 0.100 e. The minimum atomic E-state index is 0.975. The summed E-state index contributed by atoms with van der Waals surface area (Å²) in [6.07, 6.45) is 4.14. The van der Waals surface area contributed by atoms with Crippen molar-refractivity contribution < 1.29 is 0 Å². The summed E-state index contributed by atoms with van der Waals surface area (Å²) in [6.45, 7) is 4.85. The Labute approximate surface area is 56.1 Å². The molecule has 0 fully saturated rings. The summed E-state index contributed by atoms with van der Waals surface area (Å²) >= 11 is 0. The lowest BCUT2D eigenvalue weighted by molar-refractivity contribution is 0.324. The summed E-state index contributed by atoms with van der Waals surface area (Å²) in [5, 5.41) is 0. The minimum absolute atomic E-state index is 0.975. The number of hydrogen-bond donors (Lipinski definition) is 0. The Morgan fingerprint density at radius 3 is 2.67 bits per heavy atom. The van der Waals surface area contributed by atoms with Gasteiger partial charge in [-0.05, 0) is 6.08 Å². The fraction of sp³-hybridized carbons (Fsp3) is 0.429. The second-order valence-corrected chi connectivity index (χ2v) is 2.29. The van der Waals surface area contributed by atoms with E-state index in [9.17, 15) is 0 Å². The summed E-state index contributed by atoms with van der Waals surface area (Å²) in [6, 6.07) is 0. The first kappa shape index (κ1) is 6.20. The van der Waals surface area contributed by atoms with Crippen LogP contribution in [0.1, 0.15) is 0 Å². The molecule has 0 aromatic carbocycles. The predicted octanol–water partition coefficient (Wildman–Crippen LogP) is 0.849. The number of rotatable bonds is 0. The van der Waals surface area contributed by atoms with Crippen molar-refractivity contribution in [2.45, 2.75) is 0 Å². The zero-order valence-corrected chi connectivity index (χ0v) is 5.96. The first-order chi connectivity index (χ1) is 4.22. The van der Waals surface area contributed by atoms with Crippen molar-refractivity contribution in [3.8, 4) is 0 Å². The number of hydrogen-bond acceptors (Lipinski definition) is 2. The molecule has 0 aliphatic carbocycles. The van der Waals surface area contributed by atoms with Crippen LogP contribution in [0, 0.1) is 0 Å². The maximum atomic E-state index is 3.88. The average molecular weight is 124 g/mol. The SMILES string of the molecule is C=C1N(C)C=CCN1C. The topological polar surface area (TPSA) is 6.48 Å². The van der Waals surface area contributed by atoms with E-state index in [4.69, 9.17) is 0 Å². The summed E-state index contributed by atoms with van der Waals surface area (Å²) in [5.41, 5.74) is 0. The Morgan fingerprint density at radius 1 is 1.56 bits per heavy atom. The summed E-state index contributed by atoms with van der Waals surface area (Å²) in [7, 11) is 4.02. The second kappa shape index (κ2) is 2.13. The van der Waals surface area contributed by atoms with Crippen molar-refractivity contribution in [1.82, 2.24) is 9.80 Å². The van der Waals surface area contributed by atoms with Crippen LogP contribution in [0.2, 0.25) is 0 Å². The highest BCUT2D eigenvalue weighted by atomic mass is 15.3. The molecule has 1 aliphatic rings. The lowest BCUT2D eigenvalue weighted by atomic mass is 10.4. The van der Waals surface area contributed by atoms with E-state index in [1.807, 2.05) is 25.2 Å². The Morgan fingerprint density at radius 2 is 2.22 bits per heavy atom. The molecule has 0 N–H and O–H groups in total. The van der Waals surface area contributed by atoms with Gasteiger partial charge in [0.1, 0.15) is 5.82 Å². The molecule has 9 heavy (non-hydrogen) atoms. The van der Waals surface area contributed by atoms with E-state index >= 15 is 0 Å². The van der Waals surface area contributed by atoms with Crippen molar-refractivity contribution in [2.75, 3.05) is 20.6 Å². The highest BCUT2D eigenvalue weighted by molar-refractivity contribution is 5.04. The smallest absolute Gasteiger partial charge is 0.100 e. The van der Waals surface area contributed by atoms with Gasteiger partial charge in [0, 0.05) is 26.8 Å². The molecule has 0 bridgehead atoms. The van der Waals surface area contributed by atoms with Gasteiger partial charge in [0.15, 0.2) is 0 Å². The molecule has 0 unspecified atom stereocenters. The van der Waals surface area contributed by atoms with E-state index in [1.165, 1.54) is 0 Å². The van der Waals surface area contributed by atoms with Crippen molar-refractivity contribution >= 4 is 0 Å². The third-order valence-electron chi connectivity index (χ3n) is 1.56. The molecule has 0 saturated carbocycles. The summed E-state index contributed by atoms with van der Waals surface area (Å²) in [5.74, 6) is 1.05. The van der Waals surface area contributed by atoms with Crippen LogP contribution in [0.5, 0.6) is 0 Å². The van der Waals surface area contributed by atoms with Gasteiger partial charge in [-0.15, -0.1) is 0 Å². The van der Waals surface area contributed by atoms with Crippen LogP contribution in [0.3, 0.4) is 0 Å². The number of likely N-dealkylation sites (N-methyl/N-ethyl adjacent to an activating group) is 1. The fourth-order valence-electron chi connectivity index (χ4n) is 0.824. The highest BCUT2D eigenvalue weighted by Crippen LogP contribution is 2.08. The van der Waals surface area contributed by atoms with Gasteiger partial charge in [-0.3, -0.25) is 0 Å². The van der Waals surface area contributed by atoms with Crippen LogP contribution in [-0.4, -0.2) is 30.4 Å². The van der Waals surface area contributed by atoms with Crippen LogP contribution >= 0.6 is 0 Å². The van der Waals surface area contributed by atoms with Gasteiger partial charge in [-0.2, -0.15) is 0 Å². The standard InChI is InChI=1S/C7H12N2/c1-7-8(2)5-4-6-9(7)3/h4-5H,1,6H2,2-3H3. The molecule has 1 rings (SSSR count). The van der Waals surface area contributed by atoms with Gasteiger partial charge < -0.3 is 9.80 Å². The Kier molecular flexibility index (Phi) is 1.47. The van der Waals surface area contributed by atoms with Gasteiger partial charge in [0.2, 0.25) is 0 Å². The molecule has 0 spiro atoms. The minimum Gasteiger partial charge on any atom is -0.358 e. The van der Waals surface area contributed by atoms with E-state index in [2.05, 4.69) is 17.6 Å². The molecule has 2 heteroatoms.